The van der Waals surface area contributed by atoms with Crippen LogP contribution in [0.3, 0.4) is 0 Å². The molecule has 4 N–H and O–H groups in total. The number of carboxylic acids is 1. The van der Waals surface area contributed by atoms with Crippen LogP contribution >= 0.6 is 0 Å². The van der Waals surface area contributed by atoms with Gasteiger partial charge in [-0.2, -0.15) is 0 Å². The Morgan fingerprint density at radius 1 is 1.14 bits per heavy atom. The summed E-state index contributed by atoms with van der Waals surface area (Å²) in [4.78, 5) is 11.0. The van der Waals surface area contributed by atoms with Gasteiger partial charge in [0.1, 0.15) is 0 Å². The number of aromatic carboxylic acids is 1. The van der Waals surface area contributed by atoms with Gasteiger partial charge in [0, 0.05) is 11.4 Å². The highest BCUT2D eigenvalue weighted by Crippen LogP contribution is 2.26. The number of rotatable bonds is 4. The van der Waals surface area contributed by atoms with Crippen molar-refractivity contribution in [3.8, 4) is 11.1 Å². The van der Waals surface area contributed by atoms with Crippen LogP contribution < -0.4 is 10.5 Å². The molecule has 0 aromatic heterocycles. The smallest absolute Gasteiger partial charge is 0.335 e. The molecule has 110 valence electrons. The maximum Gasteiger partial charge on any atom is 0.335 e. The Bertz CT molecular complexity index is 800. The minimum atomic E-state index is -3.37. The summed E-state index contributed by atoms with van der Waals surface area (Å²) < 4.78 is 24.8. The number of nitrogens with two attached hydrogens (primary N) is 1. The summed E-state index contributed by atoms with van der Waals surface area (Å²) in [6.07, 6.45) is 1.06. The van der Waals surface area contributed by atoms with Crippen LogP contribution in [0, 0.1) is 0 Å². The second kappa shape index (κ2) is 5.45. The fourth-order valence-electron chi connectivity index (χ4n) is 1.92. The SMILES string of the molecule is CS(=O)(=O)Nc1cccc(-c2cc(N)cc(C(=O)O)c2)c1. The zero-order chi connectivity index (χ0) is 15.6. The van der Waals surface area contributed by atoms with Gasteiger partial charge in [-0.25, -0.2) is 13.2 Å². The fourth-order valence-corrected chi connectivity index (χ4v) is 2.47. The molecular formula is C14H14N2O4S. The van der Waals surface area contributed by atoms with Gasteiger partial charge in [-0.1, -0.05) is 12.1 Å². The van der Waals surface area contributed by atoms with E-state index in [1.807, 2.05) is 0 Å². The van der Waals surface area contributed by atoms with Crippen molar-refractivity contribution in [3.05, 3.63) is 48.0 Å². The largest absolute Gasteiger partial charge is 0.478 e. The summed E-state index contributed by atoms with van der Waals surface area (Å²) in [6.45, 7) is 0. The molecular weight excluding hydrogens is 292 g/mol. The van der Waals surface area contributed by atoms with Gasteiger partial charge in [-0.3, -0.25) is 4.72 Å². The van der Waals surface area contributed by atoms with E-state index in [1.54, 1.807) is 30.3 Å². The standard InChI is InChI=1S/C14H14N2O4S/c1-21(19,20)16-13-4-2-3-9(8-13)10-5-11(14(17)18)7-12(15)6-10/h2-8,16H,15H2,1H3,(H,17,18). The van der Waals surface area contributed by atoms with Crippen molar-refractivity contribution in [1.29, 1.82) is 0 Å². The van der Waals surface area contributed by atoms with Gasteiger partial charge >= 0.3 is 5.97 Å². The Morgan fingerprint density at radius 3 is 2.48 bits per heavy atom. The number of anilines is 2. The molecule has 0 spiro atoms. The zero-order valence-corrected chi connectivity index (χ0v) is 12.0. The van der Waals surface area contributed by atoms with E-state index in [0.717, 1.165) is 6.26 Å². The van der Waals surface area contributed by atoms with Crippen LogP contribution in [-0.2, 0) is 10.0 Å². The van der Waals surface area contributed by atoms with Crippen molar-refractivity contribution in [2.45, 2.75) is 0 Å². The average Bonchev–Trinajstić information content (AvgIpc) is 2.36. The summed E-state index contributed by atoms with van der Waals surface area (Å²) in [5.41, 5.74) is 7.76. The quantitative estimate of drug-likeness (QED) is 0.748. The first-order valence-corrected chi connectivity index (χ1v) is 7.86. The molecule has 2 aromatic carbocycles. The molecule has 0 aliphatic carbocycles. The van der Waals surface area contributed by atoms with E-state index >= 15 is 0 Å². The number of nitrogen functional groups attached to an aromatic ring is 1. The molecule has 0 saturated carbocycles. The number of carbonyl (C=O) groups is 1. The zero-order valence-electron chi connectivity index (χ0n) is 11.2. The Labute approximate surface area is 122 Å². The second-order valence-electron chi connectivity index (χ2n) is 4.60. The molecule has 6 nitrogen and oxygen atoms in total. The summed E-state index contributed by atoms with van der Waals surface area (Å²) >= 11 is 0. The molecule has 0 fully saturated rings. The predicted molar refractivity (Wildman–Crippen MR) is 81.7 cm³/mol. The molecule has 0 aliphatic rings. The summed E-state index contributed by atoms with van der Waals surface area (Å²) in [5.74, 6) is -1.08. The first-order chi connectivity index (χ1) is 9.74. The third-order valence-electron chi connectivity index (χ3n) is 2.70. The fraction of sp³-hybridized carbons (Fsp3) is 0.0714. The van der Waals surface area contributed by atoms with Gasteiger partial charge in [0.25, 0.3) is 0 Å². The Hall–Kier alpha value is -2.54. The first-order valence-electron chi connectivity index (χ1n) is 5.97. The molecule has 0 radical (unpaired) electrons. The van der Waals surface area contributed by atoms with Crippen LogP contribution in [0.2, 0.25) is 0 Å². The average molecular weight is 306 g/mol. The van der Waals surface area contributed by atoms with Crippen LogP contribution in [0.5, 0.6) is 0 Å². The van der Waals surface area contributed by atoms with E-state index < -0.39 is 16.0 Å². The molecule has 2 aromatic rings. The number of hydrogen-bond acceptors (Lipinski definition) is 4. The third-order valence-corrected chi connectivity index (χ3v) is 3.31. The van der Waals surface area contributed by atoms with Gasteiger partial charge < -0.3 is 10.8 Å². The van der Waals surface area contributed by atoms with Crippen LogP contribution in [0.15, 0.2) is 42.5 Å². The summed E-state index contributed by atoms with van der Waals surface area (Å²) in [6, 6.07) is 11.1. The lowest BCUT2D eigenvalue weighted by atomic mass is 10.0. The highest BCUT2D eigenvalue weighted by atomic mass is 32.2. The monoisotopic (exact) mass is 306 g/mol. The first kappa shape index (κ1) is 14.9. The molecule has 2 rings (SSSR count). The van der Waals surface area contributed by atoms with E-state index in [9.17, 15) is 13.2 Å². The van der Waals surface area contributed by atoms with Gasteiger partial charge in [0.05, 0.1) is 11.8 Å². The molecule has 7 heteroatoms. The van der Waals surface area contributed by atoms with Crippen molar-refractivity contribution < 1.29 is 18.3 Å². The van der Waals surface area contributed by atoms with Gasteiger partial charge in [-0.15, -0.1) is 0 Å². The topological polar surface area (TPSA) is 109 Å². The number of carboxylic acid groups (broad SMARTS) is 1. The lowest BCUT2D eigenvalue weighted by Crippen LogP contribution is -2.09. The molecule has 0 heterocycles. The Morgan fingerprint density at radius 2 is 1.86 bits per heavy atom. The highest BCUT2D eigenvalue weighted by molar-refractivity contribution is 7.92. The lowest BCUT2D eigenvalue weighted by Gasteiger charge is -2.08. The van der Waals surface area contributed by atoms with Crippen molar-refractivity contribution in [3.63, 3.8) is 0 Å². The van der Waals surface area contributed by atoms with Crippen molar-refractivity contribution in [2.75, 3.05) is 16.7 Å². The number of benzene rings is 2. The summed E-state index contributed by atoms with van der Waals surface area (Å²) in [5, 5.41) is 9.04. The third kappa shape index (κ3) is 3.96. The number of sulfonamides is 1. The maximum absolute atomic E-state index is 11.2. The number of nitrogens with one attached hydrogen (secondary N) is 1. The lowest BCUT2D eigenvalue weighted by molar-refractivity contribution is 0.0697. The molecule has 0 amide bonds. The van der Waals surface area contributed by atoms with E-state index in [4.69, 9.17) is 10.8 Å². The molecule has 0 saturated heterocycles. The van der Waals surface area contributed by atoms with Crippen LogP contribution in [-0.4, -0.2) is 25.7 Å². The molecule has 0 atom stereocenters. The van der Waals surface area contributed by atoms with E-state index in [0.29, 0.717) is 22.5 Å². The van der Waals surface area contributed by atoms with Crippen LogP contribution in [0.25, 0.3) is 11.1 Å². The van der Waals surface area contributed by atoms with Crippen LogP contribution in [0.4, 0.5) is 11.4 Å². The van der Waals surface area contributed by atoms with Gasteiger partial charge in [0.15, 0.2) is 0 Å². The second-order valence-corrected chi connectivity index (χ2v) is 6.35. The molecule has 21 heavy (non-hydrogen) atoms. The van der Waals surface area contributed by atoms with E-state index in [2.05, 4.69) is 4.72 Å². The van der Waals surface area contributed by atoms with Crippen molar-refractivity contribution in [1.82, 2.24) is 0 Å². The van der Waals surface area contributed by atoms with E-state index in [1.165, 1.54) is 12.1 Å². The maximum atomic E-state index is 11.2. The Kier molecular flexibility index (Phi) is 3.86. The van der Waals surface area contributed by atoms with Crippen molar-refractivity contribution in [2.24, 2.45) is 0 Å². The summed E-state index contributed by atoms with van der Waals surface area (Å²) in [7, 11) is -3.37. The number of hydrogen-bond donors (Lipinski definition) is 3. The molecule has 0 aliphatic heterocycles. The predicted octanol–water partition coefficient (Wildman–Crippen LogP) is 2.01. The Balaban J connectivity index is 2.47. The van der Waals surface area contributed by atoms with E-state index in [-0.39, 0.29) is 5.56 Å². The van der Waals surface area contributed by atoms with Crippen LogP contribution in [0.1, 0.15) is 10.4 Å². The normalized spacial score (nSPS) is 11.1. The minimum absolute atomic E-state index is 0.0754. The van der Waals surface area contributed by atoms with Crippen molar-refractivity contribution >= 4 is 27.4 Å². The highest BCUT2D eigenvalue weighted by Gasteiger charge is 2.08. The van der Waals surface area contributed by atoms with Gasteiger partial charge in [-0.05, 0) is 41.5 Å². The minimum Gasteiger partial charge on any atom is -0.478 e. The molecule has 0 unspecified atom stereocenters. The molecule has 0 bridgehead atoms. The van der Waals surface area contributed by atoms with Gasteiger partial charge in [0.2, 0.25) is 10.0 Å².